The number of hydrogen-bond donors (Lipinski definition) is 2. The molecule has 0 atom stereocenters. The summed E-state index contributed by atoms with van der Waals surface area (Å²) in [5.41, 5.74) is 0.668. The lowest BCUT2D eigenvalue weighted by atomic mass is 10.1. The molecule has 7 nitrogen and oxygen atoms in total. The summed E-state index contributed by atoms with van der Waals surface area (Å²) in [7, 11) is -1.30. The van der Waals surface area contributed by atoms with Gasteiger partial charge in [0.25, 0.3) is 0 Å². The summed E-state index contributed by atoms with van der Waals surface area (Å²) in [6, 6.07) is 8.36. The molecule has 2 rings (SSSR count). The highest BCUT2D eigenvalue weighted by Gasteiger charge is 2.19. The standard InChI is InChI=1S/C20H20O7S/c1-13(21)10-20(15-5-7-17(23)19(12-15)27-3)28(24,25)9-8-14-4-6-16(22)18(11-14)26-2/h4-12,22-23H,1-3H3/b9-8?,20-10-. The Morgan fingerprint density at radius 3 is 2.11 bits per heavy atom. The maximum Gasteiger partial charge on any atom is 0.200 e. The smallest absolute Gasteiger partial charge is 0.200 e. The number of sulfone groups is 1. The van der Waals surface area contributed by atoms with Crippen LogP contribution in [0.1, 0.15) is 18.1 Å². The van der Waals surface area contributed by atoms with Crippen molar-refractivity contribution in [2.24, 2.45) is 0 Å². The Morgan fingerprint density at radius 1 is 0.964 bits per heavy atom. The number of allylic oxidation sites excluding steroid dienone is 1. The largest absolute Gasteiger partial charge is 0.504 e. The Bertz CT molecular complexity index is 1050. The van der Waals surface area contributed by atoms with Crippen LogP contribution in [0.15, 0.2) is 47.9 Å². The van der Waals surface area contributed by atoms with Gasteiger partial charge in [-0.1, -0.05) is 6.07 Å². The van der Waals surface area contributed by atoms with E-state index in [1.165, 1.54) is 63.6 Å². The van der Waals surface area contributed by atoms with Crippen LogP contribution in [0.3, 0.4) is 0 Å². The number of methoxy groups -OCH3 is 2. The van der Waals surface area contributed by atoms with Crippen molar-refractivity contribution in [1.82, 2.24) is 0 Å². The molecule has 0 bridgehead atoms. The van der Waals surface area contributed by atoms with E-state index in [1.807, 2.05) is 0 Å². The van der Waals surface area contributed by atoms with Crippen molar-refractivity contribution in [3.05, 3.63) is 59.0 Å². The molecule has 0 fully saturated rings. The number of rotatable bonds is 7. The fourth-order valence-corrected chi connectivity index (χ4v) is 3.65. The van der Waals surface area contributed by atoms with E-state index >= 15 is 0 Å². The number of ketones is 1. The van der Waals surface area contributed by atoms with Crippen molar-refractivity contribution >= 4 is 26.6 Å². The van der Waals surface area contributed by atoms with E-state index in [4.69, 9.17) is 9.47 Å². The van der Waals surface area contributed by atoms with Crippen molar-refractivity contribution in [1.29, 1.82) is 0 Å². The lowest BCUT2D eigenvalue weighted by molar-refractivity contribution is -0.112. The fraction of sp³-hybridized carbons (Fsp3) is 0.150. The van der Waals surface area contributed by atoms with Gasteiger partial charge in [-0.15, -0.1) is 0 Å². The van der Waals surface area contributed by atoms with E-state index in [0.29, 0.717) is 5.56 Å². The topological polar surface area (TPSA) is 110 Å². The molecule has 0 saturated carbocycles. The molecule has 8 heteroatoms. The summed E-state index contributed by atoms with van der Waals surface area (Å²) in [4.78, 5) is 11.4. The first-order valence-corrected chi connectivity index (χ1v) is 9.62. The monoisotopic (exact) mass is 404 g/mol. The van der Waals surface area contributed by atoms with Gasteiger partial charge in [0.05, 0.1) is 19.1 Å². The molecular weight excluding hydrogens is 384 g/mol. The van der Waals surface area contributed by atoms with E-state index in [-0.39, 0.29) is 33.5 Å². The predicted molar refractivity (Wildman–Crippen MR) is 106 cm³/mol. The van der Waals surface area contributed by atoms with Crippen molar-refractivity contribution in [2.45, 2.75) is 6.92 Å². The second kappa shape index (κ2) is 8.62. The van der Waals surface area contributed by atoms with Gasteiger partial charge in [0.1, 0.15) is 0 Å². The summed E-state index contributed by atoms with van der Waals surface area (Å²) in [5.74, 6) is -0.407. The normalized spacial score (nSPS) is 12.2. The molecule has 0 aromatic heterocycles. The molecule has 0 aliphatic carbocycles. The van der Waals surface area contributed by atoms with Crippen molar-refractivity contribution in [3.63, 3.8) is 0 Å². The van der Waals surface area contributed by atoms with Gasteiger partial charge in [0, 0.05) is 11.5 Å². The quantitative estimate of drug-likeness (QED) is 0.682. The zero-order valence-electron chi connectivity index (χ0n) is 15.5. The summed E-state index contributed by atoms with van der Waals surface area (Å²) in [6.45, 7) is 1.24. The number of benzene rings is 2. The number of ether oxygens (including phenoxy) is 2. The summed E-state index contributed by atoms with van der Waals surface area (Å²) in [5, 5.41) is 20.3. The summed E-state index contributed by atoms with van der Waals surface area (Å²) < 4.78 is 35.7. The first kappa shape index (κ1) is 21.0. The molecule has 0 heterocycles. The first-order chi connectivity index (χ1) is 13.2. The third-order valence-corrected chi connectivity index (χ3v) is 5.21. The lowest BCUT2D eigenvalue weighted by Crippen LogP contribution is -2.02. The Hall–Kier alpha value is -3.26. The molecule has 28 heavy (non-hydrogen) atoms. The van der Waals surface area contributed by atoms with Crippen LogP contribution in [0, 0.1) is 0 Å². The minimum absolute atomic E-state index is 0.0733. The SMILES string of the molecule is COc1cc(C=CS(=O)(=O)/C(=C\C(C)=O)c2ccc(O)c(OC)c2)ccc1O. The van der Waals surface area contributed by atoms with Crippen molar-refractivity contribution in [3.8, 4) is 23.0 Å². The summed E-state index contributed by atoms with van der Waals surface area (Å²) in [6.07, 6.45) is 2.33. The van der Waals surface area contributed by atoms with Gasteiger partial charge in [-0.2, -0.15) is 0 Å². The van der Waals surface area contributed by atoms with Crippen molar-refractivity contribution in [2.75, 3.05) is 14.2 Å². The van der Waals surface area contributed by atoms with Crippen LogP contribution in [0.5, 0.6) is 23.0 Å². The van der Waals surface area contributed by atoms with Gasteiger partial charge in [0.2, 0.25) is 9.84 Å². The molecule has 0 aliphatic heterocycles. The molecule has 0 unspecified atom stereocenters. The number of phenols is 2. The minimum atomic E-state index is -4.02. The van der Waals surface area contributed by atoms with Crippen molar-refractivity contribution < 1.29 is 32.9 Å². The average Bonchev–Trinajstić information content (AvgIpc) is 2.66. The number of hydrogen-bond acceptors (Lipinski definition) is 7. The number of carbonyl (C=O) groups excluding carboxylic acids is 1. The molecule has 2 N–H and O–H groups in total. The van der Waals surface area contributed by atoms with Gasteiger partial charge >= 0.3 is 0 Å². The molecule has 2 aromatic carbocycles. The van der Waals surface area contributed by atoms with Crippen LogP contribution in [-0.4, -0.2) is 38.6 Å². The highest BCUT2D eigenvalue weighted by Crippen LogP contribution is 2.32. The van der Waals surface area contributed by atoms with Crippen LogP contribution >= 0.6 is 0 Å². The third-order valence-electron chi connectivity index (χ3n) is 3.75. The third kappa shape index (κ3) is 4.92. The molecular formula is C20H20O7S. The van der Waals surface area contributed by atoms with E-state index in [2.05, 4.69) is 0 Å². The highest BCUT2D eigenvalue weighted by atomic mass is 32.2. The zero-order valence-corrected chi connectivity index (χ0v) is 16.4. The van der Waals surface area contributed by atoms with Gasteiger partial charge < -0.3 is 19.7 Å². The number of carbonyl (C=O) groups is 1. The predicted octanol–water partition coefficient (Wildman–Crippen LogP) is 3.13. The Morgan fingerprint density at radius 2 is 1.54 bits per heavy atom. The number of phenolic OH excluding ortho intramolecular Hbond substituents is 2. The maximum atomic E-state index is 12.9. The maximum absolute atomic E-state index is 12.9. The molecule has 0 aliphatic rings. The fourth-order valence-electron chi connectivity index (χ4n) is 2.38. The van der Waals surface area contributed by atoms with E-state index in [9.17, 15) is 23.4 Å². The van der Waals surface area contributed by atoms with E-state index < -0.39 is 15.6 Å². The lowest BCUT2D eigenvalue weighted by Gasteiger charge is -2.09. The molecule has 0 radical (unpaired) electrons. The Kier molecular flexibility index (Phi) is 6.48. The molecule has 0 saturated heterocycles. The number of aromatic hydroxyl groups is 2. The second-order valence-electron chi connectivity index (χ2n) is 5.78. The van der Waals surface area contributed by atoms with Crippen LogP contribution < -0.4 is 9.47 Å². The highest BCUT2D eigenvalue weighted by molar-refractivity contribution is 8.03. The van der Waals surface area contributed by atoms with Gasteiger partial charge in [-0.3, -0.25) is 4.79 Å². The van der Waals surface area contributed by atoms with Crippen LogP contribution in [0.2, 0.25) is 0 Å². The van der Waals surface area contributed by atoms with Crippen LogP contribution in [0.4, 0.5) is 0 Å². The molecule has 0 amide bonds. The van der Waals surface area contributed by atoms with Crippen LogP contribution in [-0.2, 0) is 14.6 Å². The zero-order chi connectivity index (χ0) is 20.9. The van der Waals surface area contributed by atoms with Gasteiger partial charge in [-0.05, 0) is 54.5 Å². The van der Waals surface area contributed by atoms with Gasteiger partial charge in [0.15, 0.2) is 28.8 Å². The Balaban J connectivity index is 2.50. The van der Waals surface area contributed by atoms with Gasteiger partial charge in [-0.25, -0.2) is 8.42 Å². The van der Waals surface area contributed by atoms with Crippen LogP contribution in [0.25, 0.3) is 11.0 Å². The minimum Gasteiger partial charge on any atom is -0.504 e. The molecule has 2 aromatic rings. The average molecular weight is 404 g/mol. The first-order valence-electron chi connectivity index (χ1n) is 8.07. The second-order valence-corrected chi connectivity index (χ2v) is 7.59. The Labute approximate surface area is 163 Å². The molecule has 0 spiro atoms. The van der Waals surface area contributed by atoms with E-state index in [0.717, 1.165) is 11.5 Å². The molecule has 148 valence electrons. The summed E-state index contributed by atoms with van der Waals surface area (Å²) >= 11 is 0. The van der Waals surface area contributed by atoms with E-state index in [1.54, 1.807) is 0 Å².